The molecule has 0 radical (unpaired) electrons. The molecule has 3 aromatic rings. The molecule has 0 unspecified atom stereocenters. The fourth-order valence-electron chi connectivity index (χ4n) is 2.56. The van der Waals surface area contributed by atoms with Crippen LogP contribution >= 0.6 is 11.3 Å². The second-order valence-corrected chi connectivity index (χ2v) is 8.79. The second kappa shape index (κ2) is 11.3. The minimum atomic E-state index is -0.491. The number of nitrogens with zero attached hydrogens (tertiary/aromatic N) is 3. The fraction of sp³-hybridized carbons (Fsp3) is 0.318. The molecule has 0 atom stereocenters. The summed E-state index contributed by atoms with van der Waals surface area (Å²) >= 11 is 1.42. The smallest absolute Gasteiger partial charge is 0.407 e. The molecule has 0 saturated carbocycles. The molecule has 3 amide bonds. The van der Waals surface area contributed by atoms with Crippen LogP contribution in [0.1, 0.15) is 26.5 Å². The molecule has 3 heterocycles. The number of thiazole rings is 1. The second-order valence-electron chi connectivity index (χ2n) is 7.93. The molecule has 0 bridgehead atoms. The van der Waals surface area contributed by atoms with Gasteiger partial charge in [0.15, 0.2) is 0 Å². The molecule has 0 aliphatic heterocycles. The average molecular weight is 471 g/mol. The Labute approximate surface area is 195 Å². The zero-order valence-corrected chi connectivity index (χ0v) is 19.4. The van der Waals surface area contributed by atoms with Crippen LogP contribution in [0.2, 0.25) is 0 Å². The van der Waals surface area contributed by atoms with Gasteiger partial charge in [-0.05, 0) is 45.0 Å². The third-order valence-electron chi connectivity index (χ3n) is 3.91. The third kappa shape index (κ3) is 8.47. The van der Waals surface area contributed by atoms with Gasteiger partial charge in [-0.1, -0.05) is 6.07 Å². The summed E-state index contributed by atoms with van der Waals surface area (Å²) in [5, 5.41) is 10.6. The van der Waals surface area contributed by atoms with Gasteiger partial charge in [0.05, 0.1) is 18.9 Å². The molecule has 0 fully saturated rings. The largest absolute Gasteiger partial charge is 0.447 e. The molecule has 33 heavy (non-hydrogen) atoms. The normalized spacial score (nSPS) is 11.0. The molecular formula is C22H26N6O4S. The number of alkyl carbamates (subject to hydrolysis) is 1. The van der Waals surface area contributed by atoms with Crippen LogP contribution in [-0.2, 0) is 16.1 Å². The predicted octanol–water partition coefficient (Wildman–Crippen LogP) is 4.29. The lowest BCUT2D eigenvalue weighted by Gasteiger charge is -2.19. The van der Waals surface area contributed by atoms with E-state index in [4.69, 9.17) is 9.47 Å². The Bertz CT molecular complexity index is 1070. The zero-order valence-electron chi connectivity index (χ0n) is 18.6. The van der Waals surface area contributed by atoms with E-state index in [-0.39, 0.29) is 25.4 Å². The number of hydrogen-bond acceptors (Lipinski definition) is 8. The van der Waals surface area contributed by atoms with Crippen LogP contribution in [0.5, 0.6) is 0 Å². The van der Waals surface area contributed by atoms with E-state index in [1.807, 2.05) is 32.9 Å². The number of urea groups is 1. The summed E-state index contributed by atoms with van der Waals surface area (Å²) in [6, 6.07) is 8.47. The van der Waals surface area contributed by atoms with Crippen molar-refractivity contribution in [2.75, 3.05) is 23.8 Å². The monoisotopic (exact) mass is 470 g/mol. The Balaban J connectivity index is 1.42. The van der Waals surface area contributed by atoms with Crippen molar-refractivity contribution in [3.63, 3.8) is 0 Å². The fourth-order valence-corrected chi connectivity index (χ4v) is 3.32. The number of carbonyl (C=O) groups excluding carboxylic acids is 2. The molecule has 10 nitrogen and oxygen atoms in total. The van der Waals surface area contributed by atoms with Gasteiger partial charge in [0.1, 0.15) is 23.3 Å². The number of nitrogens with one attached hydrogen (secondary N) is 3. The maximum absolute atomic E-state index is 12.3. The molecule has 174 valence electrons. The van der Waals surface area contributed by atoms with Crippen LogP contribution in [0.4, 0.5) is 21.2 Å². The van der Waals surface area contributed by atoms with Crippen molar-refractivity contribution in [2.24, 2.45) is 0 Å². The maximum Gasteiger partial charge on any atom is 0.407 e. The summed E-state index contributed by atoms with van der Waals surface area (Å²) < 4.78 is 10.5. The van der Waals surface area contributed by atoms with E-state index in [1.54, 1.807) is 36.0 Å². The van der Waals surface area contributed by atoms with Gasteiger partial charge in [-0.2, -0.15) is 0 Å². The number of anilines is 2. The Hall–Kier alpha value is -3.57. The first-order valence-corrected chi connectivity index (χ1v) is 11.1. The standard InChI is InChI=1S/C22H26N6O4S/c1-22(2,3)28-21(30)32-12-11-31-13-16-5-4-6-17(24-16)26-20(29)27-18-14-33-19(25-18)15-7-9-23-10-8-15/h4-10,14H,11-13H2,1-3H3,(H,28,30)(H2,24,26,27,29). The zero-order chi connectivity index (χ0) is 23.7. The molecule has 3 N–H and O–H groups in total. The van der Waals surface area contributed by atoms with Crippen molar-refractivity contribution >= 4 is 35.1 Å². The molecule has 11 heteroatoms. The van der Waals surface area contributed by atoms with Crippen molar-refractivity contribution in [1.29, 1.82) is 0 Å². The van der Waals surface area contributed by atoms with E-state index in [0.29, 0.717) is 17.3 Å². The van der Waals surface area contributed by atoms with Crippen molar-refractivity contribution in [3.8, 4) is 10.6 Å². The Morgan fingerprint density at radius 1 is 1.00 bits per heavy atom. The van der Waals surface area contributed by atoms with Crippen LogP contribution in [0.25, 0.3) is 10.6 Å². The van der Waals surface area contributed by atoms with Crippen LogP contribution in [0.3, 0.4) is 0 Å². The predicted molar refractivity (Wildman–Crippen MR) is 126 cm³/mol. The van der Waals surface area contributed by atoms with Gasteiger partial charge in [0.25, 0.3) is 0 Å². The quantitative estimate of drug-likeness (QED) is 0.419. The highest BCUT2D eigenvalue weighted by Crippen LogP contribution is 2.25. The van der Waals surface area contributed by atoms with E-state index in [2.05, 4.69) is 30.9 Å². The molecule has 0 aliphatic rings. The summed E-state index contributed by atoms with van der Waals surface area (Å²) in [6.07, 6.45) is 2.89. The van der Waals surface area contributed by atoms with Gasteiger partial charge in [-0.3, -0.25) is 15.6 Å². The van der Waals surface area contributed by atoms with E-state index >= 15 is 0 Å². The molecule has 3 aromatic heterocycles. The lowest BCUT2D eigenvalue weighted by molar-refractivity contribution is 0.0612. The van der Waals surface area contributed by atoms with Crippen molar-refractivity contribution in [3.05, 3.63) is 53.8 Å². The lowest BCUT2D eigenvalue weighted by atomic mass is 10.1. The van der Waals surface area contributed by atoms with Gasteiger partial charge >= 0.3 is 12.1 Å². The Kier molecular flexibility index (Phi) is 8.28. The summed E-state index contributed by atoms with van der Waals surface area (Å²) in [5.41, 5.74) is 1.20. The minimum absolute atomic E-state index is 0.122. The first-order chi connectivity index (χ1) is 15.8. The molecule has 0 aliphatic carbocycles. The van der Waals surface area contributed by atoms with E-state index < -0.39 is 12.1 Å². The summed E-state index contributed by atoms with van der Waals surface area (Å²) in [7, 11) is 0. The Morgan fingerprint density at radius 3 is 2.52 bits per heavy atom. The highest BCUT2D eigenvalue weighted by molar-refractivity contribution is 7.13. The molecule has 0 saturated heterocycles. The number of aromatic nitrogens is 3. The van der Waals surface area contributed by atoms with Crippen LogP contribution < -0.4 is 16.0 Å². The Morgan fingerprint density at radius 2 is 1.76 bits per heavy atom. The SMILES string of the molecule is CC(C)(C)NC(=O)OCCOCc1cccc(NC(=O)Nc2csc(-c3ccncc3)n2)n1. The van der Waals surface area contributed by atoms with Crippen LogP contribution in [0.15, 0.2) is 48.1 Å². The third-order valence-corrected chi connectivity index (χ3v) is 4.80. The summed E-state index contributed by atoms with van der Waals surface area (Å²) in [5.74, 6) is 0.818. The number of amides is 3. The van der Waals surface area contributed by atoms with Gasteiger partial charge < -0.3 is 14.8 Å². The van der Waals surface area contributed by atoms with Gasteiger partial charge in [0.2, 0.25) is 0 Å². The number of pyridine rings is 2. The number of hydrogen-bond donors (Lipinski definition) is 3. The summed E-state index contributed by atoms with van der Waals surface area (Å²) in [4.78, 5) is 36.6. The number of rotatable bonds is 8. The van der Waals surface area contributed by atoms with Crippen molar-refractivity contribution in [2.45, 2.75) is 32.9 Å². The molecule has 3 rings (SSSR count). The minimum Gasteiger partial charge on any atom is -0.447 e. The first kappa shape index (κ1) is 24.1. The molecule has 0 spiro atoms. The van der Waals surface area contributed by atoms with E-state index in [9.17, 15) is 9.59 Å². The van der Waals surface area contributed by atoms with Crippen molar-refractivity contribution < 1.29 is 19.1 Å². The summed E-state index contributed by atoms with van der Waals surface area (Å²) in [6.45, 7) is 6.17. The van der Waals surface area contributed by atoms with Gasteiger partial charge in [-0.15, -0.1) is 11.3 Å². The number of ether oxygens (including phenoxy) is 2. The maximum atomic E-state index is 12.3. The highest BCUT2D eigenvalue weighted by atomic mass is 32.1. The first-order valence-electron chi connectivity index (χ1n) is 10.2. The average Bonchev–Trinajstić information content (AvgIpc) is 3.21. The van der Waals surface area contributed by atoms with Gasteiger partial charge in [0, 0.05) is 28.9 Å². The molecular weight excluding hydrogens is 444 g/mol. The van der Waals surface area contributed by atoms with E-state index in [1.165, 1.54) is 11.3 Å². The number of carbonyl (C=O) groups is 2. The van der Waals surface area contributed by atoms with E-state index in [0.717, 1.165) is 10.6 Å². The topological polar surface area (TPSA) is 127 Å². The van der Waals surface area contributed by atoms with Crippen LogP contribution in [-0.4, -0.2) is 45.8 Å². The van der Waals surface area contributed by atoms with Crippen LogP contribution in [0, 0.1) is 0 Å². The highest BCUT2D eigenvalue weighted by Gasteiger charge is 2.14. The van der Waals surface area contributed by atoms with Gasteiger partial charge in [-0.25, -0.2) is 19.6 Å². The van der Waals surface area contributed by atoms with Crippen molar-refractivity contribution in [1.82, 2.24) is 20.3 Å². The lowest BCUT2D eigenvalue weighted by Crippen LogP contribution is -2.41. The molecule has 0 aromatic carbocycles.